The molecule has 0 fully saturated rings. The van der Waals surface area contributed by atoms with E-state index in [1.807, 2.05) is 12.1 Å². The summed E-state index contributed by atoms with van der Waals surface area (Å²) in [6.07, 6.45) is 1.97. The molecule has 1 rings (SSSR count). The summed E-state index contributed by atoms with van der Waals surface area (Å²) in [5, 5.41) is 12.1. The molecule has 0 aliphatic carbocycles. The summed E-state index contributed by atoms with van der Waals surface area (Å²) < 4.78 is 10.3. The van der Waals surface area contributed by atoms with Crippen molar-refractivity contribution in [3.63, 3.8) is 0 Å². The molecule has 0 aliphatic heterocycles. The van der Waals surface area contributed by atoms with Gasteiger partial charge in [-0.2, -0.15) is 5.26 Å². The molecule has 0 saturated carbocycles. The minimum absolute atomic E-state index is 0.507. The summed E-state index contributed by atoms with van der Waals surface area (Å²) in [4.78, 5) is 0. The number of nitrogens with two attached hydrogens (primary N) is 1. The third kappa shape index (κ3) is 5.60. The van der Waals surface area contributed by atoms with Gasteiger partial charge in [0.25, 0.3) is 0 Å². The number of unbranched alkanes of at least 4 members (excludes halogenated alkanes) is 1. The van der Waals surface area contributed by atoms with E-state index in [0.717, 1.165) is 31.7 Å². The number of rotatable bonds is 9. The van der Waals surface area contributed by atoms with Crippen LogP contribution in [0.15, 0.2) is 18.2 Å². The van der Waals surface area contributed by atoms with Crippen LogP contribution in [0.25, 0.3) is 0 Å². The Bertz CT molecular complexity index is 416. The van der Waals surface area contributed by atoms with Gasteiger partial charge in [-0.25, -0.2) is 0 Å². The molecule has 0 atom stereocenters. The van der Waals surface area contributed by atoms with E-state index in [4.69, 9.17) is 20.5 Å². The second kappa shape index (κ2) is 9.20. The zero-order valence-electron chi connectivity index (χ0n) is 11.3. The van der Waals surface area contributed by atoms with E-state index in [-0.39, 0.29) is 0 Å². The van der Waals surface area contributed by atoms with Crippen molar-refractivity contribution in [2.24, 2.45) is 0 Å². The molecule has 0 radical (unpaired) electrons. The molecule has 0 heterocycles. The summed E-state index contributed by atoms with van der Waals surface area (Å²) in [5.74, 6) is 0. The van der Waals surface area contributed by atoms with Crippen LogP contribution in [0.1, 0.15) is 18.4 Å². The van der Waals surface area contributed by atoms with Crippen LogP contribution < -0.4 is 11.1 Å². The topological polar surface area (TPSA) is 80.3 Å². The lowest BCUT2D eigenvalue weighted by Crippen LogP contribution is -2.07. The molecule has 19 heavy (non-hydrogen) atoms. The number of hydrogen-bond acceptors (Lipinski definition) is 5. The molecule has 5 heteroatoms. The molecule has 5 nitrogen and oxygen atoms in total. The Balaban J connectivity index is 2.18. The number of nitrogen functional groups attached to an aromatic ring is 1. The van der Waals surface area contributed by atoms with E-state index in [2.05, 4.69) is 11.4 Å². The molecule has 0 bridgehead atoms. The molecule has 0 amide bonds. The number of nitrogens with one attached hydrogen (secondary N) is 1. The van der Waals surface area contributed by atoms with Gasteiger partial charge in [-0.15, -0.1) is 0 Å². The van der Waals surface area contributed by atoms with Crippen LogP contribution >= 0.6 is 0 Å². The molecule has 104 valence electrons. The maximum atomic E-state index is 8.87. The van der Waals surface area contributed by atoms with Gasteiger partial charge in [0.05, 0.1) is 30.2 Å². The first-order valence-corrected chi connectivity index (χ1v) is 6.38. The van der Waals surface area contributed by atoms with Gasteiger partial charge in [-0.05, 0) is 25.0 Å². The average molecular weight is 263 g/mol. The van der Waals surface area contributed by atoms with Crippen molar-refractivity contribution in [2.45, 2.75) is 12.8 Å². The standard InChI is InChI=1S/C14H21N3O2/c1-18-9-10-19-8-3-2-7-17-13-6-4-5-12(11-15)14(13)16/h4-6,17H,2-3,7-10,16H2,1H3. The molecule has 0 aliphatic rings. The number of anilines is 2. The quantitative estimate of drug-likeness (QED) is 0.526. The number of methoxy groups -OCH3 is 1. The van der Waals surface area contributed by atoms with Crippen LogP contribution in [-0.4, -0.2) is 33.5 Å². The third-order valence-corrected chi connectivity index (χ3v) is 2.69. The van der Waals surface area contributed by atoms with E-state index >= 15 is 0 Å². The minimum atomic E-state index is 0.507. The Labute approximate surface area is 114 Å². The molecular weight excluding hydrogens is 242 g/mol. The van der Waals surface area contributed by atoms with Crippen LogP contribution in [0, 0.1) is 11.3 Å². The maximum absolute atomic E-state index is 8.87. The van der Waals surface area contributed by atoms with Gasteiger partial charge in [-0.1, -0.05) is 6.07 Å². The van der Waals surface area contributed by atoms with Gasteiger partial charge < -0.3 is 20.5 Å². The first-order chi connectivity index (χ1) is 9.29. The second-order valence-corrected chi connectivity index (χ2v) is 4.12. The van der Waals surface area contributed by atoms with Gasteiger partial charge >= 0.3 is 0 Å². The zero-order valence-corrected chi connectivity index (χ0v) is 11.3. The lowest BCUT2D eigenvalue weighted by Gasteiger charge is -2.10. The Hall–Kier alpha value is -1.77. The van der Waals surface area contributed by atoms with Crippen LogP contribution in [0.5, 0.6) is 0 Å². The first-order valence-electron chi connectivity index (χ1n) is 6.38. The SMILES string of the molecule is COCCOCCCCNc1cccc(C#N)c1N. The van der Waals surface area contributed by atoms with Crippen molar-refractivity contribution in [1.29, 1.82) is 5.26 Å². The fourth-order valence-corrected chi connectivity index (χ4v) is 1.61. The summed E-state index contributed by atoms with van der Waals surface area (Å²) >= 11 is 0. The van der Waals surface area contributed by atoms with Gasteiger partial charge in [-0.3, -0.25) is 0 Å². The highest BCUT2D eigenvalue weighted by Gasteiger charge is 2.02. The van der Waals surface area contributed by atoms with Gasteiger partial charge in [0.2, 0.25) is 0 Å². The van der Waals surface area contributed by atoms with Crippen molar-refractivity contribution in [3.8, 4) is 6.07 Å². The van der Waals surface area contributed by atoms with Crippen LogP contribution in [0.4, 0.5) is 11.4 Å². The van der Waals surface area contributed by atoms with E-state index in [9.17, 15) is 0 Å². The molecule has 1 aromatic carbocycles. The Morgan fingerprint density at radius 3 is 2.84 bits per heavy atom. The third-order valence-electron chi connectivity index (χ3n) is 2.69. The maximum Gasteiger partial charge on any atom is 0.101 e. The van der Waals surface area contributed by atoms with Crippen LogP contribution in [-0.2, 0) is 9.47 Å². The number of nitriles is 1. The molecule has 0 saturated heterocycles. The summed E-state index contributed by atoms with van der Waals surface area (Å²) in [7, 11) is 1.66. The van der Waals surface area contributed by atoms with E-state index in [0.29, 0.717) is 24.5 Å². The van der Waals surface area contributed by atoms with Crippen LogP contribution in [0.3, 0.4) is 0 Å². The van der Waals surface area contributed by atoms with Crippen LogP contribution in [0.2, 0.25) is 0 Å². The smallest absolute Gasteiger partial charge is 0.101 e. The Morgan fingerprint density at radius 1 is 1.26 bits per heavy atom. The largest absolute Gasteiger partial charge is 0.396 e. The van der Waals surface area contributed by atoms with Gasteiger partial charge in [0.1, 0.15) is 6.07 Å². The fraction of sp³-hybridized carbons (Fsp3) is 0.500. The van der Waals surface area contributed by atoms with Gasteiger partial charge in [0.15, 0.2) is 0 Å². The summed E-state index contributed by atoms with van der Waals surface area (Å²) in [5.41, 5.74) is 7.71. The highest BCUT2D eigenvalue weighted by molar-refractivity contribution is 5.72. The van der Waals surface area contributed by atoms with Crippen molar-refractivity contribution < 1.29 is 9.47 Å². The van der Waals surface area contributed by atoms with Crippen molar-refractivity contribution in [2.75, 3.05) is 44.5 Å². The molecule has 0 spiro atoms. The monoisotopic (exact) mass is 263 g/mol. The van der Waals surface area contributed by atoms with E-state index in [1.165, 1.54) is 0 Å². The minimum Gasteiger partial charge on any atom is -0.396 e. The summed E-state index contributed by atoms with van der Waals surface area (Å²) in [6.45, 7) is 2.82. The van der Waals surface area contributed by atoms with Crippen molar-refractivity contribution in [3.05, 3.63) is 23.8 Å². The Kier molecular flexibility index (Phi) is 7.40. The molecule has 3 N–H and O–H groups in total. The van der Waals surface area contributed by atoms with E-state index in [1.54, 1.807) is 13.2 Å². The average Bonchev–Trinajstić information content (AvgIpc) is 2.43. The second-order valence-electron chi connectivity index (χ2n) is 4.12. The number of benzene rings is 1. The van der Waals surface area contributed by atoms with Gasteiger partial charge in [0, 0.05) is 20.3 Å². The highest BCUT2D eigenvalue weighted by atomic mass is 16.5. The summed E-state index contributed by atoms with van der Waals surface area (Å²) in [6, 6.07) is 7.49. The molecule has 0 unspecified atom stereocenters. The fourth-order valence-electron chi connectivity index (χ4n) is 1.61. The zero-order chi connectivity index (χ0) is 13.9. The molecule has 1 aromatic rings. The number of ether oxygens (including phenoxy) is 2. The Morgan fingerprint density at radius 2 is 2.11 bits per heavy atom. The lowest BCUT2D eigenvalue weighted by molar-refractivity contribution is 0.0691. The van der Waals surface area contributed by atoms with Crippen molar-refractivity contribution >= 4 is 11.4 Å². The van der Waals surface area contributed by atoms with E-state index < -0.39 is 0 Å². The van der Waals surface area contributed by atoms with Crippen molar-refractivity contribution in [1.82, 2.24) is 0 Å². The number of para-hydroxylation sites is 1. The highest BCUT2D eigenvalue weighted by Crippen LogP contribution is 2.21. The first kappa shape index (κ1) is 15.3. The normalized spacial score (nSPS) is 10.1. The predicted octanol–water partition coefficient (Wildman–Crippen LogP) is 2.00. The number of hydrogen-bond donors (Lipinski definition) is 2. The lowest BCUT2D eigenvalue weighted by atomic mass is 10.1. The predicted molar refractivity (Wildman–Crippen MR) is 76.0 cm³/mol. The molecular formula is C14H21N3O2. The molecule has 0 aromatic heterocycles. The number of nitrogens with zero attached hydrogens (tertiary/aromatic N) is 1.